The van der Waals surface area contributed by atoms with Crippen LogP contribution in [0.25, 0.3) is 0 Å². The number of hydrogen-bond acceptors (Lipinski definition) is 6. The predicted octanol–water partition coefficient (Wildman–Crippen LogP) is 2.46. The van der Waals surface area contributed by atoms with Gasteiger partial charge in [-0.25, -0.2) is 9.78 Å². The molecule has 0 saturated carbocycles. The molecule has 1 N–H and O–H groups in total. The van der Waals surface area contributed by atoms with E-state index in [0.29, 0.717) is 24.8 Å². The van der Waals surface area contributed by atoms with Crippen molar-refractivity contribution in [2.45, 2.75) is 18.5 Å². The highest BCUT2D eigenvalue weighted by Gasteiger charge is 2.12. The highest BCUT2D eigenvalue weighted by Crippen LogP contribution is 2.14. The lowest BCUT2D eigenvalue weighted by molar-refractivity contribution is -0.140. The first-order valence-electron chi connectivity index (χ1n) is 7.23. The summed E-state index contributed by atoms with van der Waals surface area (Å²) in [6.07, 6.45) is 2.08. The zero-order valence-electron chi connectivity index (χ0n) is 12.8. The first kappa shape index (κ1) is 17.1. The van der Waals surface area contributed by atoms with E-state index in [9.17, 15) is 9.59 Å². The average Bonchev–Trinajstić information content (AvgIpc) is 3.03. The third-order valence-electron chi connectivity index (χ3n) is 2.87. The number of imidazole rings is 1. The molecule has 122 valence electrons. The molecule has 0 amide bonds. The van der Waals surface area contributed by atoms with Gasteiger partial charge in [0.05, 0.1) is 25.2 Å². The van der Waals surface area contributed by atoms with E-state index in [1.807, 2.05) is 30.3 Å². The maximum atomic E-state index is 11.7. The fourth-order valence-electron chi connectivity index (χ4n) is 1.79. The number of carbonyl (C=O) groups is 2. The Morgan fingerprint density at radius 3 is 2.74 bits per heavy atom. The molecule has 0 fully saturated rings. The molecule has 2 rings (SSSR count). The van der Waals surface area contributed by atoms with Gasteiger partial charge in [-0.2, -0.15) is 0 Å². The molecule has 0 radical (unpaired) electrons. The monoisotopic (exact) mass is 334 g/mol. The van der Waals surface area contributed by atoms with Crippen molar-refractivity contribution in [3.05, 3.63) is 47.8 Å². The summed E-state index contributed by atoms with van der Waals surface area (Å²) >= 11 is 1.18. The number of thioether (sulfide) groups is 1. The SMILES string of the molecule is CCOC(=O)c1cnc(SCC(=O)OCCc2ccccc2)[nH]1. The van der Waals surface area contributed by atoms with E-state index in [0.717, 1.165) is 5.56 Å². The Balaban J connectivity index is 1.69. The molecule has 0 unspecified atom stereocenters. The van der Waals surface area contributed by atoms with Crippen LogP contribution < -0.4 is 0 Å². The summed E-state index contributed by atoms with van der Waals surface area (Å²) in [7, 11) is 0. The molecule has 0 bridgehead atoms. The van der Waals surface area contributed by atoms with E-state index in [4.69, 9.17) is 9.47 Å². The van der Waals surface area contributed by atoms with E-state index < -0.39 is 5.97 Å². The van der Waals surface area contributed by atoms with Crippen LogP contribution in [0.4, 0.5) is 0 Å². The second kappa shape index (κ2) is 8.99. The van der Waals surface area contributed by atoms with Crippen molar-refractivity contribution < 1.29 is 19.1 Å². The maximum Gasteiger partial charge on any atom is 0.356 e. The Kier molecular flexibility index (Phi) is 6.68. The molecule has 7 heteroatoms. The number of carbonyl (C=O) groups excluding carboxylic acids is 2. The number of benzene rings is 1. The van der Waals surface area contributed by atoms with Crippen molar-refractivity contribution in [1.29, 1.82) is 0 Å². The van der Waals surface area contributed by atoms with Crippen molar-refractivity contribution in [3.8, 4) is 0 Å². The Hall–Kier alpha value is -2.28. The van der Waals surface area contributed by atoms with Gasteiger partial charge in [0.25, 0.3) is 0 Å². The van der Waals surface area contributed by atoms with Gasteiger partial charge in [0.15, 0.2) is 5.16 Å². The molecule has 0 atom stereocenters. The fourth-order valence-corrected chi connectivity index (χ4v) is 2.43. The van der Waals surface area contributed by atoms with Crippen molar-refractivity contribution >= 4 is 23.7 Å². The number of nitrogens with zero attached hydrogens (tertiary/aromatic N) is 1. The minimum absolute atomic E-state index is 0.130. The second-order valence-corrected chi connectivity index (χ2v) is 5.53. The number of aromatic amines is 1. The van der Waals surface area contributed by atoms with Crippen molar-refractivity contribution in [2.24, 2.45) is 0 Å². The fraction of sp³-hybridized carbons (Fsp3) is 0.312. The summed E-state index contributed by atoms with van der Waals surface area (Å²) in [5, 5.41) is 0.480. The van der Waals surface area contributed by atoms with Gasteiger partial charge in [-0.15, -0.1) is 0 Å². The minimum Gasteiger partial charge on any atom is -0.465 e. The lowest BCUT2D eigenvalue weighted by Gasteiger charge is -2.04. The molecule has 6 nitrogen and oxygen atoms in total. The number of rotatable bonds is 8. The van der Waals surface area contributed by atoms with Crippen LogP contribution in [0, 0.1) is 0 Å². The summed E-state index contributed by atoms with van der Waals surface area (Å²) in [5.74, 6) is -0.651. The van der Waals surface area contributed by atoms with Gasteiger partial charge in [0, 0.05) is 6.42 Å². The van der Waals surface area contributed by atoms with Crippen molar-refractivity contribution in [1.82, 2.24) is 9.97 Å². The molecule has 0 aliphatic rings. The normalized spacial score (nSPS) is 10.3. The molecule has 0 spiro atoms. The lowest BCUT2D eigenvalue weighted by Crippen LogP contribution is -2.10. The number of hydrogen-bond donors (Lipinski definition) is 1. The van der Waals surface area contributed by atoms with Crippen molar-refractivity contribution in [3.63, 3.8) is 0 Å². The van der Waals surface area contributed by atoms with Crippen LogP contribution in [0.15, 0.2) is 41.7 Å². The van der Waals surface area contributed by atoms with Gasteiger partial charge in [0.1, 0.15) is 5.69 Å². The van der Waals surface area contributed by atoms with Gasteiger partial charge in [-0.3, -0.25) is 4.79 Å². The van der Waals surface area contributed by atoms with Gasteiger partial charge >= 0.3 is 11.9 Å². The van der Waals surface area contributed by atoms with Crippen LogP contribution in [-0.2, 0) is 20.7 Å². The highest BCUT2D eigenvalue weighted by atomic mass is 32.2. The Bertz CT molecular complexity index is 643. The second-order valence-electron chi connectivity index (χ2n) is 4.57. The Morgan fingerprint density at radius 1 is 1.22 bits per heavy atom. The lowest BCUT2D eigenvalue weighted by atomic mass is 10.2. The molecular weight excluding hydrogens is 316 g/mol. The summed E-state index contributed by atoms with van der Waals surface area (Å²) < 4.78 is 10.0. The van der Waals surface area contributed by atoms with Crippen LogP contribution in [0.3, 0.4) is 0 Å². The Morgan fingerprint density at radius 2 is 2.00 bits per heavy atom. The quantitative estimate of drug-likeness (QED) is 0.590. The summed E-state index contributed by atoms with van der Waals surface area (Å²) in [6.45, 7) is 2.37. The molecule has 1 aromatic carbocycles. The summed E-state index contributed by atoms with van der Waals surface area (Å²) in [6, 6.07) is 9.82. The average molecular weight is 334 g/mol. The number of H-pyrrole nitrogens is 1. The standard InChI is InChI=1S/C16H18N2O4S/c1-2-21-15(20)13-10-17-16(18-13)23-11-14(19)22-9-8-12-6-4-3-5-7-12/h3-7,10H,2,8-9,11H2,1H3,(H,17,18). The van der Waals surface area contributed by atoms with Gasteiger partial charge in [-0.1, -0.05) is 42.1 Å². The first-order valence-corrected chi connectivity index (χ1v) is 8.22. The number of ether oxygens (including phenoxy) is 2. The van der Waals surface area contributed by atoms with Crippen LogP contribution in [0.5, 0.6) is 0 Å². The van der Waals surface area contributed by atoms with Crippen LogP contribution in [0.2, 0.25) is 0 Å². The van der Waals surface area contributed by atoms with E-state index in [1.54, 1.807) is 6.92 Å². The number of esters is 2. The van der Waals surface area contributed by atoms with Gasteiger partial charge < -0.3 is 14.5 Å². The van der Waals surface area contributed by atoms with E-state index in [-0.39, 0.29) is 17.4 Å². The molecule has 2 aromatic rings. The highest BCUT2D eigenvalue weighted by molar-refractivity contribution is 7.99. The number of nitrogens with one attached hydrogen (secondary N) is 1. The smallest absolute Gasteiger partial charge is 0.356 e. The van der Waals surface area contributed by atoms with Crippen LogP contribution in [0.1, 0.15) is 23.0 Å². The van der Waals surface area contributed by atoms with E-state index >= 15 is 0 Å². The molecule has 0 saturated heterocycles. The predicted molar refractivity (Wildman–Crippen MR) is 86.4 cm³/mol. The summed E-state index contributed by atoms with van der Waals surface area (Å²) in [5.41, 5.74) is 1.39. The molecule has 23 heavy (non-hydrogen) atoms. The van der Waals surface area contributed by atoms with E-state index in [2.05, 4.69) is 9.97 Å². The molecule has 1 aromatic heterocycles. The minimum atomic E-state index is -0.461. The topological polar surface area (TPSA) is 81.3 Å². The summed E-state index contributed by atoms with van der Waals surface area (Å²) in [4.78, 5) is 30.0. The van der Waals surface area contributed by atoms with Gasteiger partial charge in [-0.05, 0) is 12.5 Å². The van der Waals surface area contributed by atoms with E-state index in [1.165, 1.54) is 18.0 Å². The largest absolute Gasteiger partial charge is 0.465 e. The molecule has 0 aliphatic heterocycles. The third kappa shape index (κ3) is 5.78. The Labute approximate surface area is 138 Å². The molecular formula is C16H18N2O4S. The molecule has 1 heterocycles. The van der Waals surface area contributed by atoms with Crippen LogP contribution in [-0.4, -0.2) is 40.9 Å². The number of aromatic nitrogens is 2. The maximum absolute atomic E-state index is 11.7. The molecule has 0 aliphatic carbocycles. The zero-order chi connectivity index (χ0) is 16.5. The zero-order valence-corrected chi connectivity index (χ0v) is 13.6. The van der Waals surface area contributed by atoms with Gasteiger partial charge in [0.2, 0.25) is 0 Å². The third-order valence-corrected chi connectivity index (χ3v) is 3.73. The van der Waals surface area contributed by atoms with Crippen molar-refractivity contribution in [2.75, 3.05) is 19.0 Å². The first-order chi connectivity index (χ1) is 11.2. The van der Waals surface area contributed by atoms with Crippen LogP contribution >= 0.6 is 11.8 Å².